The zero-order valence-corrected chi connectivity index (χ0v) is 23.9. The van der Waals surface area contributed by atoms with Crippen molar-refractivity contribution in [2.24, 2.45) is 13.0 Å². The average Bonchev–Trinajstić information content (AvgIpc) is 3.23. The highest BCUT2D eigenvalue weighted by Crippen LogP contribution is 2.30. The maximum absolute atomic E-state index is 14.2. The number of anilines is 2. The third-order valence-electron chi connectivity index (χ3n) is 7.82. The number of halogens is 1. The van der Waals surface area contributed by atoms with Gasteiger partial charge in [0.2, 0.25) is 5.95 Å². The van der Waals surface area contributed by atoms with E-state index in [1.54, 1.807) is 18.3 Å². The van der Waals surface area contributed by atoms with Crippen molar-refractivity contribution in [3.63, 3.8) is 0 Å². The normalized spacial score (nSPS) is 14.8. The molecule has 210 valence electrons. The van der Waals surface area contributed by atoms with Crippen molar-refractivity contribution in [2.75, 3.05) is 18.4 Å². The number of ether oxygens (including phenoxy) is 1. The Kier molecular flexibility index (Phi) is 8.17. The van der Waals surface area contributed by atoms with Crippen molar-refractivity contribution in [2.45, 2.75) is 58.9 Å². The van der Waals surface area contributed by atoms with Gasteiger partial charge in [-0.25, -0.2) is 9.37 Å². The summed E-state index contributed by atoms with van der Waals surface area (Å²) in [6.07, 6.45) is 3.83. The van der Waals surface area contributed by atoms with Crippen LogP contribution in [-0.2, 0) is 18.3 Å². The van der Waals surface area contributed by atoms with Crippen molar-refractivity contribution in [1.82, 2.24) is 19.4 Å². The molecule has 7 nitrogen and oxygen atoms in total. The van der Waals surface area contributed by atoms with Crippen LogP contribution in [0.2, 0.25) is 0 Å². The second kappa shape index (κ2) is 11.8. The molecule has 40 heavy (non-hydrogen) atoms. The van der Waals surface area contributed by atoms with E-state index < -0.39 is 0 Å². The zero-order chi connectivity index (χ0) is 28.4. The molecule has 0 radical (unpaired) electrons. The van der Waals surface area contributed by atoms with Gasteiger partial charge in [-0.1, -0.05) is 13.8 Å². The number of fused-ring (bicyclic) bond motifs is 1. The Hall–Kier alpha value is -3.78. The molecule has 3 heterocycles. The van der Waals surface area contributed by atoms with E-state index in [2.05, 4.69) is 29.0 Å². The highest BCUT2D eigenvalue weighted by Gasteiger charge is 2.26. The first-order chi connectivity index (χ1) is 19.2. The minimum Gasteiger partial charge on any atom is -0.457 e. The predicted molar refractivity (Wildman–Crippen MR) is 157 cm³/mol. The molecule has 1 fully saturated rings. The molecule has 8 heteroatoms. The van der Waals surface area contributed by atoms with Gasteiger partial charge in [0.15, 0.2) is 0 Å². The number of aromatic nitrogens is 3. The maximum atomic E-state index is 14.2. The molecule has 1 saturated heterocycles. The number of likely N-dealkylation sites (tertiary alicyclic amines) is 1. The van der Waals surface area contributed by atoms with E-state index in [-0.39, 0.29) is 23.4 Å². The highest BCUT2D eigenvalue weighted by atomic mass is 19.1. The number of pyridine rings is 1. The van der Waals surface area contributed by atoms with E-state index in [0.29, 0.717) is 35.5 Å². The van der Waals surface area contributed by atoms with Crippen molar-refractivity contribution in [1.29, 1.82) is 0 Å². The van der Waals surface area contributed by atoms with Gasteiger partial charge in [0.25, 0.3) is 0 Å². The Morgan fingerprint density at radius 1 is 1.05 bits per heavy atom. The van der Waals surface area contributed by atoms with E-state index in [0.717, 1.165) is 48.3 Å². The van der Waals surface area contributed by atoms with Gasteiger partial charge in [-0.3, -0.25) is 9.78 Å². The molecule has 1 aliphatic heterocycles. The number of hydrogen-bond acceptors (Lipinski definition) is 6. The summed E-state index contributed by atoms with van der Waals surface area (Å²) in [5, 5.41) is 3.32. The molecule has 0 saturated carbocycles. The minimum absolute atomic E-state index is 0.0802. The number of nitrogens with zero attached hydrogens (tertiary/aromatic N) is 4. The summed E-state index contributed by atoms with van der Waals surface area (Å²) in [7, 11) is 1.93. The van der Waals surface area contributed by atoms with Gasteiger partial charge < -0.3 is 19.5 Å². The molecular formula is C32H38FN5O2. The quantitative estimate of drug-likeness (QED) is 0.245. The molecule has 4 aromatic rings. The van der Waals surface area contributed by atoms with Crippen LogP contribution in [0.25, 0.3) is 11.0 Å². The van der Waals surface area contributed by atoms with Crippen molar-refractivity contribution in [3.05, 3.63) is 71.8 Å². The standard InChI is InChI=1S/C32H38FN5O2/c1-20(2)27-17-23(6-8-28(27)33)35-32-36-29-19-25(7-9-30(29)37(32)5)40-26-10-13-34-24(16-26)18-31(39)22-11-14-38(15-12-22)21(3)4/h6-10,13,16-17,19-22H,11-12,14-15,18H2,1-5H3,(H,35,36). The van der Waals surface area contributed by atoms with Crippen LogP contribution in [0.15, 0.2) is 54.7 Å². The Balaban J connectivity index is 1.26. The number of hydrogen-bond donors (Lipinski definition) is 1. The van der Waals surface area contributed by atoms with Crippen LogP contribution in [0.5, 0.6) is 11.5 Å². The largest absolute Gasteiger partial charge is 0.457 e. The van der Waals surface area contributed by atoms with Crippen LogP contribution >= 0.6 is 0 Å². The molecule has 0 unspecified atom stereocenters. The van der Waals surface area contributed by atoms with Gasteiger partial charge in [-0.2, -0.15) is 0 Å². The fourth-order valence-corrected chi connectivity index (χ4v) is 5.36. The van der Waals surface area contributed by atoms with E-state index in [9.17, 15) is 9.18 Å². The fourth-order valence-electron chi connectivity index (χ4n) is 5.36. The number of piperidine rings is 1. The molecule has 0 spiro atoms. The van der Waals surface area contributed by atoms with Crippen molar-refractivity contribution < 1.29 is 13.9 Å². The maximum Gasteiger partial charge on any atom is 0.208 e. The summed E-state index contributed by atoms with van der Waals surface area (Å²) in [6, 6.07) is 14.9. The number of imidazole rings is 1. The Bertz CT molecular complexity index is 1500. The summed E-state index contributed by atoms with van der Waals surface area (Å²) < 4.78 is 22.3. The number of benzene rings is 2. The second-order valence-corrected chi connectivity index (χ2v) is 11.3. The van der Waals surface area contributed by atoms with Crippen LogP contribution in [-0.4, -0.2) is 44.3 Å². The minimum atomic E-state index is -0.206. The summed E-state index contributed by atoms with van der Waals surface area (Å²) in [4.78, 5) is 24.6. The lowest BCUT2D eigenvalue weighted by Gasteiger charge is -2.33. The first-order valence-corrected chi connectivity index (χ1v) is 14.1. The highest BCUT2D eigenvalue weighted by molar-refractivity contribution is 5.83. The third-order valence-corrected chi connectivity index (χ3v) is 7.82. The van der Waals surface area contributed by atoms with Gasteiger partial charge in [0.05, 0.1) is 16.7 Å². The number of carbonyl (C=O) groups is 1. The van der Waals surface area contributed by atoms with Gasteiger partial charge in [-0.05, 0) is 87.7 Å². The van der Waals surface area contributed by atoms with Crippen LogP contribution in [0.1, 0.15) is 57.7 Å². The number of aryl methyl sites for hydroxylation is 1. The fraction of sp³-hybridized carbons (Fsp3) is 0.406. The van der Waals surface area contributed by atoms with Crippen LogP contribution in [0.4, 0.5) is 16.0 Å². The van der Waals surface area contributed by atoms with Crippen molar-refractivity contribution in [3.8, 4) is 11.5 Å². The van der Waals surface area contributed by atoms with Gasteiger partial charge in [-0.15, -0.1) is 0 Å². The predicted octanol–water partition coefficient (Wildman–Crippen LogP) is 7.00. The molecule has 1 aliphatic rings. The number of carbonyl (C=O) groups excluding carboxylic acids is 1. The SMILES string of the molecule is CC(C)c1cc(Nc2nc3cc(Oc4ccnc(CC(=O)C5CCN(C(C)C)CC5)c4)ccc3n2C)ccc1F. The van der Waals surface area contributed by atoms with Crippen molar-refractivity contribution >= 4 is 28.5 Å². The average molecular weight is 544 g/mol. The molecule has 2 aromatic carbocycles. The molecule has 0 atom stereocenters. The van der Waals surface area contributed by atoms with Crippen LogP contribution < -0.4 is 10.1 Å². The van der Waals surface area contributed by atoms with E-state index in [4.69, 9.17) is 9.72 Å². The number of Topliss-reactive ketones (excluding diaryl/α,β-unsaturated/α-hetero) is 1. The molecule has 1 N–H and O–H groups in total. The Morgan fingerprint density at radius 2 is 1.80 bits per heavy atom. The monoisotopic (exact) mass is 543 g/mol. The summed E-state index contributed by atoms with van der Waals surface area (Å²) in [6.45, 7) is 10.3. The summed E-state index contributed by atoms with van der Waals surface area (Å²) in [5.74, 6) is 2.16. The molecule has 5 rings (SSSR count). The molecule has 0 amide bonds. The van der Waals surface area contributed by atoms with Crippen LogP contribution in [0, 0.1) is 11.7 Å². The topological polar surface area (TPSA) is 72.3 Å². The molecule has 0 bridgehead atoms. The van der Waals surface area contributed by atoms with Gasteiger partial charge in [0.1, 0.15) is 23.1 Å². The molecule has 2 aromatic heterocycles. The summed E-state index contributed by atoms with van der Waals surface area (Å²) in [5.41, 5.74) is 3.87. The lowest BCUT2D eigenvalue weighted by molar-refractivity contribution is -0.123. The Morgan fingerprint density at radius 3 is 2.52 bits per heavy atom. The smallest absolute Gasteiger partial charge is 0.208 e. The second-order valence-electron chi connectivity index (χ2n) is 11.3. The lowest BCUT2D eigenvalue weighted by atomic mass is 9.90. The van der Waals surface area contributed by atoms with E-state index in [1.807, 2.05) is 55.8 Å². The summed E-state index contributed by atoms with van der Waals surface area (Å²) >= 11 is 0. The first-order valence-electron chi connectivity index (χ1n) is 14.1. The third kappa shape index (κ3) is 6.17. The number of rotatable bonds is 9. The van der Waals surface area contributed by atoms with Crippen LogP contribution in [0.3, 0.4) is 0 Å². The van der Waals surface area contributed by atoms with E-state index >= 15 is 0 Å². The zero-order valence-electron chi connectivity index (χ0n) is 23.9. The first kappa shape index (κ1) is 27.8. The van der Waals surface area contributed by atoms with Gasteiger partial charge >= 0.3 is 0 Å². The number of nitrogens with one attached hydrogen (secondary N) is 1. The van der Waals surface area contributed by atoms with Gasteiger partial charge in [0, 0.05) is 49.4 Å². The lowest BCUT2D eigenvalue weighted by Crippen LogP contribution is -2.40. The Labute approximate surface area is 235 Å². The van der Waals surface area contributed by atoms with E-state index in [1.165, 1.54) is 6.07 Å². The molecule has 0 aliphatic carbocycles. The number of ketones is 1. The molecular weight excluding hydrogens is 505 g/mol.